The van der Waals surface area contributed by atoms with Gasteiger partial charge in [-0.2, -0.15) is 0 Å². The molecule has 0 radical (unpaired) electrons. The quantitative estimate of drug-likeness (QED) is 0.640. The molecule has 1 heterocycles. The first kappa shape index (κ1) is 11.8. The Morgan fingerprint density at radius 3 is 2.41 bits per heavy atom. The number of Topliss-reactive ketones (excluding diaryl/α,β-unsaturated/α-hetero) is 1. The van der Waals surface area contributed by atoms with Gasteiger partial charge in [-0.05, 0) is 24.1 Å². The van der Waals surface area contributed by atoms with Crippen LogP contribution in [0.1, 0.15) is 34.1 Å². The van der Waals surface area contributed by atoms with Crippen LogP contribution in [-0.4, -0.2) is 22.5 Å². The Balaban J connectivity index is 2.64. The summed E-state index contributed by atoms with van der Waals surface area (Å²) < 4.78 is 0. The molecule has 88 valence electrons. The smallest absolute Gasteiger partial charge is 0.255 e. The van der Waals surface area contributed by atoms with Gasteiger partial charge in [-0.1, -0.05) is 25.1 Å². The highest BCUT2D eigenvalue weighted by Crippen LogP contribution is 2.27. The molecular weight excluding hydrogens is 242 g/mol. The molecule has 1 aliphatic heterocycles. The van der Waals surface area contributed by atoms with Crippen molar-refractivity contribution in [1.82, 2.24) is 5.32 Å². The van der Waals surface area contributed by atoms with Crippen LogP contribution in [0.2, 0.25) is 0 Å². The van der Waals surface area contributed by atoms with Crippen LogP contribution >= 0.6 is 11.6 Å². The van der Waals surface area contributed by atoms with E-state index in [9.17, 15) is 14.4 Å². The molecule has 1 atom stereocenters. The van der Waals surface area contributed by atoms with Crippen LogP contribution < -0.4 is 5.32 Å². The number of ketones is 1. The second kappa shape index (κ2) is 3.96. The minimum absolute atomic E-state index is 0.133. The lowest BCUT2D eigenvalue weighted by Gasteiger charge is -2.33. The molecule has 1 N–H and O–H groups in total. The maximum Gasteiger partial charge on any atom is 0.255 e. The maximum absolute atomic E-state index is 12.2. The van der Waals surface area contributed by atoms with E-state index in [1.54, 1.807) is 25.1 Å². The predicted molar refractivity (Wildman–Crippen MR) is 62.1 cm³/mol. The summed E-state index contributed by atoms with van der Waals surface area (Å²) in [6.07, 6.45) is 0.133. The van der Waals surface area contributed by atoms with Gasteiger partial charge >= 0.3 is 0 Å². The van der Waals surface area contributed by atoms with Gasteiger partial charge in [0.05, 0.1) is 5.56 Å². The number of rotatable bonds is 2. The third-order valence-electron chi connectivity index (χ3n) is 3.00. The molecule has 0 spiro atoms. The molecule has 1 unspecified atom stereocenters. The number of fused-ring (bicyclic) bond motifs is 1. The summed E-state index contributed by atoms with van der Waals surface area (Å²) in [5, 5.41) is 1.56. The van der Waals surface area contributed by atoms with Crippen molar-refractivity contribution in [3.05, 3.63) is 35.4 Å². The highest BCUT2D eigenvalue weighted by Gasteiger charge is 2.49. The van der Waals surface area contributed by atoms with Gasteiger partial charge in [-0.25, -0.2) is 0 Å². The van der Waals surface area contributed by atoms with Crippen LogP contribution in [0, 0.1) is 0 Å². The van der Waals surface area contributed by atoms with E-state index in [0.717, 1.165) is 0 Å². The zero-order valence-corrected chi connectivity index (χ0v) is 9.88. The fourth-order valence-corrected chi connectivity index (χ4v) is 2.22. The number of halogens is 1. The molecule has 4 nitrogen and oxygen atoms in total. The van der Waals surface area contributed by atoms with Gasteiger partial charge in [0.25, 0.3) is 11.1 Å². The summed E-state index contributed by atoms with van der Waals surface area (Å²) in [6.45, 7) is 1.63. The van der Waals surface area contributed by atoms with Gasteiger partial charge in [0, 0.05) is 5.56 Å². The van der Waals surface area contributed by atoms with Crippen molar-refractivity contribution in [2.45, 2.75) is 18.9 Å². The number of benzene rings is 1. The Kier molecular flexibility index (Phi) is 2.75. The molecule has 0 aliphatic carbocycles. The molecule has 0 fully saturated rings. The molecule has 0 bridgehead atoms. The second-order valence-electron chi connectivity index (χ2n) is 3.86. The molecule has 5 heteroatoms. The number of amides is 1. The molecule has 0 saturated heterocycles. The van der Waals surface area contributed by atoms with E-state index >= 15 is 0 Å². The van der Waals surface area contributed by atoms with Crippen molar-refractivity contribution in [2.24, 2.45) is 0 Å². The van der Waals surface area contributed by atoms with E-state index in [1.807, 2.05) is 0 Å². The summed E-state index contributed by atoms with van der Waals surface area (Å²) in [5.74, 6) is -0.897. The Morgan fingerprint density at radius 2 is 1.88 bits per heavy atom. The van der Waals surface area contributed by atoms with Crippen molar-refractivity contribution in [2.75, 3.05) is 0 Å². The lowest BCUT2D eigenvalue weighted by Crippen LogP contribution is -2.61. The summed E-state index contributed by atoms with van der Waals surface area (Å²) in [7, 11) is 0. The van der Waals surface area contributed by atoms with Gasteiger partial charge in [0.2, 0.25) is 0 Å². The van der Waals surface area contributed by atoms with Gasteiger partial charge in [0.15, 0.2) is 11.3 Å². The van der Waals surface area contributed by atoms with Crippen LogP contribution in [0.3, 0.4) is 0 Å². The van der Waals surface area contributed by atoms with Crippen LogP contribution in [0.15, 0.2) is 24.3 Å². The first-order valence-electron chi connectivity index (χ1n) is 5.19. The monoisotopic (exact) mass is 251 g/mol. The van der Waals surface area contributed by atoms with Crippen LogP contribution in [-0.2, 0) is 4.79 Å². The minimum Gasteiger partial charge on any atom is -0.332 e. The number of carbonyl (C=O) groups is 3. The van der Waals surface area contributed by atoms with Crippen LogP contribution in [0.4, 0.5) is 0 Å². The zero-order valence-electron chi connectivity index (χ0n) is 9.12. The van der Waals surface area contributed by atoms with Gasteiger partial charge in [0.1, 0.15) is 0 Å². The maximum atomic E-state index is 12.2. The molecule has 1 aliphatic rings. The van der Waals surface area contributed by atoms with Crippen molar-refractivity contribution < 1.29 is 14.4 Å². The topological polar surface area (TPSA) is 63.2 Å². The van der Waals surface area contributed by atoms with Crippen molar-refractivity contribution in [3.8, 4) is 0 Å². The number of nitrogens with one attached hydrogen (secondary N) is 1. The van der Waals surface area contributed by atoms with E-state index < -0.39 is 22.5 Å². The zero-order chi connectivity index (χ0) is 12.6. The summed E-state index contributed by atoms with van der Waals surface area (Å²) >= 11 is 5.47. The average molecular weight is 252 g/mol. The SMILES string of the molecule is CCC1(C(=O)Cl)NC(=O)c2ccccc2C1=O. The lowest BCUT2D eigenvalue weighted by atomic mass is 9.82. The van der Waals surface area contributed by atoms with Crippen LogP contribution in [0.25, 0.3) is 0 Å². The molecule has 2 rings (SSSR count). The number of hydrogen-bond acceptors (Lipinski definition) is 3. The fraction of sp³-hybridized carbons (Fsp3) is 0.250. The standard InChI is InChI=1S/C12H10ClNO3/c1-2-12(11(13)17)9(15)7-5-3-4-6-8(7)10(16)14-12/h3-6H,2H2,1H3,(H,14,16). The predicted octanol–water partition coefficient (Wildman–Crippen LogP) is 1.53. The third-order valence-corrected chi connectivity index (χ3v) is 3.32. The van der Waals surface area contributed by atoms with E-state index in [2.05, 4.69) is 5.32 Å². The highest BCUT2D eigenvalue weighted by molar-refractivity contribution is 6.68. The molecular formula is C12H10ClNO3. The first-order chi connectivity index (χ1) is 8.03. The lowest BCUT2D eigenvalue weighted by molar-refractivity contribution is -0.115. The second-order valence-corrected chi connectivity index (χ2v) is 4.20. The Labute approximate surface area is 103 Å². The molecule has 1 amide bonds. The summed E-state index contributed by atoms with van der Waals surface area (Å²) in [5.41, 5.74) is -1.10. The fourth-order valence-electron chi connectivity index (χ4n) is 1.95. The van der Waals surface area contributed by atoms with Crippen LogP contribution in [0.5, 0.6) is 0 Å². The molecule has 1 aromatic carbocycles. The van der Waals surface area contributed by atoms with Crippen molar-refractivity contribution in [1.29, 1.82) is 0 Å². The van der Waals surface area contributed by atoms with E-state index in [0.29, 0.717) is 0 Å². The van der Waals surface area contributed by atoms with E-state index in [4.69, 9.17) is 11.6 Å². The normalized spacial score (nSPS) is 22.9. The Morgan fingerprint density at radius 1 is 1.29 bits per heavy atom. The number of hydrogen-bond donors (Lipinski definition) is 1. The highest BCUT2D eigenvalue weighted by atomic mass is 35.5. The number of carbonyl (C=O) groups excluding carboxylic acids is 3. The summed E-state index contributed by atoms with van der Waals surface area (Å²) in [4.78, 5) is 35.5. The van der Waals surface area contributed by atoms with E-state index in [-0.39, 0.29) is 17.5 Å². The summed E-state index contributed by atoms with van der Waals surface area (Å²) in [6, 6.07) is 6.38. The molecule has 17 heavy (non-hydrogen) atoms. The minimum atomic E-state index is -1.62. The Hall–Kier alpha value is -1.68. The van der Waals surface area contributed by atoms with Gasteiger partial charge in [-0.15, -0.1) is 0 Å². The van der Waals surface area contributed by atoms with Gasteiger partial charge in [-0.3, -0.25) is 14.4 Å². The molecule has 1 aromatic rings. The Bertz CT molecular complexity index is 526. The third kappa shape index (κ3) is 1.56. The largest absolute Gasteiger partial charge is 0.332 e. The molecule has 0 saturated carbocycles. The first-order valence-corrected chi connectivity index (χ1v) is 5.57. The van der Waals surface area contributed by atoms with E-state index in [1.165, 1.54) is 6.07 Å². The van der Waals surface area contributed by atoms with Crippen molar-refractivity contribution in [3.63, 3.8) is 0 Å². The molecule has 0 aromatic heterocycles. The average Bonchev–Trinajstić information content (AvgIpc) is 2.33. The van der Waals surface area contributed by atoms with Gasteiger partial charge < -0.3 is 5.32 Å². The van der Waals surface area contributed by atoms with Crippen molar-refractivity contribution >= 4 is 28.5 Å².